The molecule has 6 unspecified atom stereocenters. The van der Waals surface area contributed by atoms with E-state index in [-0.39, 0.29) is 43.1 Å². The lowest BCUT2D eigenvalue weighted by molar-refractivity contribution is -0.276. The van der Waals surface area contributed by atoms with Crippen molar-refractivity contribution in [2.45, 2.75) is 84.6 Å². The smallest absolute Gasteiger partial charge is 0.261 e. The standard InChI is InChI=1S/C44H48N2O5/c1-28-38(24-45-27-44(4)22-35(45)21-43(2,3)26-44)50-42(51-39(28)31-17-15-29(25-47)16-18-31)34-12-8-11-33(20-34)32-10-7-9-30(19-32)23-46-40(48)36-13-5-6-14-37(36)41(46)49/h5-20,28,35,38-39,42,47H,21-27H2,1-4H3. The van der Waals surface area contributed by atoms with Gasteiger partial charge in [0.2, 0.25) is 0 Å². The predicted octanol–water partition coefficient (Wildman–Crippen LogP) is 8.33. The molecular weight excluding hydrogens is 636 g/mol. The van der Waals surface area contributed by atoms with E-state index >= 15 is 0 Å². The SMILES string of the molecule is CC1C(CN2CC3(C)CC2CC(C)(C)C3)OC(c2cccc(-c3cccc(CN4C(=O)c5ccccc5C4=O)c3)c2)OC1c1ccc(CO)cc1. The topological polar surface area (TPSA) is 79.3 Å². The summed E-state index contributed by atoms with van der Waals surface area (Å²) in [7, 11) is 0. The van der Waals surface area contributed by atoms with Gasteiger partial charge in [0, 0.05) is 30.6 Å². The van der Waals surface area contributed by atoms with Gasteiger partial charge in [0.05, 0.1) is 36.5 Å². The van der Waals surface area contributed by atoms with Crippen molar-refractivity contribution in [3.8, 4) is 11.1 Å². The summed E-state index contributed by atoms with van der Waals surface area (Å²) in [4.78, 5) is 30.2. The Labute approximate surface area is 301 Å². The van der Waals surface area contributed by atoms with Crippen molar-refractivity contribution in [3.63, 3.8) is 0 Å². The lowest BCUT2D eigenvalue weighted by Crippen LogP contribution is -2.46. The molecule has 1 aliphatic carbocycles. The average Bonchev–Trinajstić information content (AvgIpc) is 3.51. The van der Waals surface area contributed by atoms with Gasteiger partial charge in [-0.05, 0) is 82.2 Å². The molecule has 3 heterocycles. The highest BCUT2D eigenvalue weighted by molar-refractivity contribution is 6.21. The Bertz CT molecular complexity index is 1920. The van der Waals surface area contributed by atoms with Gasteiger partial charge in [-0.3, -0.25) is 19.4 Å². The van der Waals surface area contributed by atoms with Crippen LogP contribution in [0, 0.1) is 16.7 Å². The Balaban J connectivity index is 1.06. The largest absolute Gasteiger partial charge is 0.392 e. The van der Waals surface area contributed by atoms with Crippen LogP contribution in [-0.4, -0.2) is 52.0 Å². The molecule has 0 aromatic heterocycles. The molecule has 4 aliphatic rings. The Kier molecular flexibility index (Phi) is 8.74. The fraction of sp³-hybridized carbons (Fsp3) is 0.409. The van der Waals surface area contributed by atoms with E-state index in [0.717, 1.165) is 46.5 Å². The molecule has 51 heavy (non-hydrogen) atoms. The molecule has 3 fully saturated rings. The lowest BCUT2D eigenvalue weighted by Gasteiger charge is -2.43. The summed E-state index contributed by atoms with van der Waals surface area (Å²) in [5.74, 6) is -0.396. The van der Waals surface area contributed by atoms with Crippen LogP contribution in [-0.2, 0) is 22.6 Å². The van der Waals surface area contributed by atoms with E-state index in [1.165, 1.54) is 24.2 Å². The van der Waals surface area contributed by atoms with Crippen molar-refractivity contribution in [3.05, 3.63) is 130 Å². The first-order chi connectivity index (χ1) is 24.5. The van der Waals surface area contributed by atoms with Crippen molar-refractivity contribution >= 4 is 11.8 Å². The Morgan fingerprint density at radius 2 is 1.45 bits per heavy atom. The molecule has 1 N–H and O–H groups in total. The summed E-state index contributed by atoms with van der Waals surface area (Å²) >= 11 is 0. The number of aliphatic hydroxyl groups excluding tert-OH is 1. The van der Waals surface area contributed by atoms with Gasteiger partial charge in [0.15, 0.2) is 6.29 Å². The van der Waals surface area contributed by atoms with Gasteiger partial charge in [-0.25, -0.2) is 0 Å². The molecule has 2 amide bonds. The lowest BCUT2D eigenvalue weighted by atomic mass is 9.65. The number of likely N-dealkylation sites (tertiary alicyclic amines) is 1. The highest BCUT2D eigenvalue weighted by atomic mass is 16.7. The van der Waals surface area contributed by atoms with Crippen LogP contribution in [0.25, 0.3) is 11.1 Å². The molecule has 0 spiro atoms. The van der Waals surface area contributed by atoms with Crippen molar-refractivity contribution in [1.82, 2.24) is 9.80 Å². The Morgan fingerprint density at radius 1 is 0.765 bits per heavy atom. The number of fused-ring (bicyclic) bond motifs is 3. The van der Waals surface area contributed by atoms with Gasteiger partial charge < -0.3 is 14.6 Å². The predicted molar refractivity (Wildman–Crippen MR) is 197 cm³/mol. The summed E-state index contributed by atoms with van der Waals surface area (Å²) in [5, 5.41) is 9.69. The van der Waals surface area contributed by atoms with Crippen LogP contribution >= 0.6 is 0 Å². The molecule has 8 rings (SSSR count). The molecule has 7 heteroatoms. The van der Waals surface area contributed by atoms with Crippen LogP contribution in [0.5, 0.6) is 0 Å². The number of ether oxygens (including phenoxy) is 2. The van der Waals surface area contributed by atoms with Crippen LogP contribution < -0.4 is 0 Å². The number of benzene rings is 4. The zero-order chi connectivity index (χ0) is 35.5. The van der Waals surface area contributed by atoms with Gasteiger partial charge in [-0.1, -0.05) is 100 Å². The molecule has 6 atom stereocenters. The Morgan fingerprint density at radius 3 is 2.16 bits per heavy atom. The van der Waals surface area contributed by atoms with Crippen LogP contribution in [0.2, 0.25) is 0 Å². The van der Waals surface area contributed by atoms with E-state index < -0.39 is 6.29 Å². The van der Waals surface area contributed by atoms with Crippen LogP contribution in [0.1, 0.15) is 102 Å². The molecule has 2 saturated heterocycles. The Hall–Kier alpha value is -4.14. The summed E-state index contributed by atoms with van der Waals surface area (Å²) in [6.45, 7) is 11.7. The number of carbonyl (C=O) groups is 2. The van der Waals surface area contributed by atoms with E-state index in [1.54, 1.807) is 24.3 Å². The van der Waals surface area contributed by atoms with Crippen LogP contribution in [0.3, 0.4) is 0 Å². The number of rotatable bonds is 8. The number of imide groups is 1. The monoisotopic (exact) mass is 684 g/mol. The highest BCUT2D eigenvalue weighted by Gasteiger charge is 2.51. The summed E-state index contributed by atoms with van der Waals surface area (Å²) in [6, 6.07) is 32.0. The second-order valence-electron chi connectivity index (χ2n) is 16.5. The summed E-state index contributed by atoms with van der Waals surface area (Å²) in [5.41, 5.74) is 7.38. The third-order valence-corrected chi connectivity index (χ3v) is 11.7. The molecular formula is C44H48N2O5. The van der Waals surface area contributed by atoms with Crippen molar-refractivity contribution in [1.29, 1.82) is 0 Å². The number of nitrogens with zero attached hydrogens (tertiary/aromatic N) is 2. The number of hydrogen-bond donors (Lipinski definition) is 1. The van der Waals surface area contributed by atoms with E-state index in [0.29, 0.717) is 28.0 Å². The van der Waals surface area contributed by atoms with E-state index in [1.807, 2.05) is 30.3 Å². The quantitative estimate of drug-likeness (QED) is 0.188. The van der Waals surface area contributed by atoms with Crippen LogP contribution in [0.15, 0.2) is 97.1 Å². The van der Waals surface area contributed by atoms with E-state index in [2.05, 4.69) is 75.1 Å². The second-order valence-corrected chi connectivity index (χ2v) is 16.5. The van der Waals surface area contributed by atoms with Crippen LogP contribution in [0.4, 0.5) is 0 Å². The normalized spacial score (nSPS) is 28.6. The molecule has 4 aromatic carbocycles. The number of carbonyl (C=O) groups excluding carboxylic acids is 2. The van der Waals surface area contributed by atoms with Gasteiger partial charge in [-0.2, -0.15) is 0 Å². The molecule has 2 bridgehead atoms. The maximum atomic E-state index is 13.1. The van der Waals surface area contributed by atoms with Crippen molar-refractivity contribution in [2.24, 2.45) is 16.7 Å². The summed E-state index contributed by atoms with van der Waals surface area (Å²) in [6.07, 6.45) is 2.93. The first-order valence-corrected chi connectivity index (χ1v) is 18.4. The van der Waals surface area contributed by atoms with E-state index in [4.69, 9.17) is 9.47 Å². The number of aliphatic hydroxyl groups is 1. The molecule has 0 radical (unpaired) electrons. The average molecular weight is 685 g/mol. The highest BCUT2D eigenvalue weighted by Crippen LogP contribution is 2.53. The van der Waals surface area contributed by atoms with Crippen molar-refractivity contribution in [2.75, 3.05) is 13.1 Å². The maximum absolute atomic E-state index is 13.1. The van der Waals surface area contributed by atoms with Gasteiger partial charge >= 0.3 is 0 Å². The van der Waals surface area contributed by atoms with E-state index in [9.17, 15) is 14.7 Å². The summed E-state index contributed by atoms with van der Waals surface area (Å²) < 4.78 is 13.8. The first-order valence-electron chi connectivity index (χ1n) is 18.4. The molecule has 7 nitrogen and oxygen atoms in total. The maximum Gasteiger partial charge on any atom is 0.261 e. The minimum atomic E-state index is -0.566. The number of amides is 2. The zero-order valence-electron chi connectivity index (χ0n) is 30.0. The molecule has 1 saturated carbocycles. The van der Waals surface area contributed by atoms with Gasteiger partial charge in [0.1, 0.15) is 0 Å². The fourth-order valence-corrected chi connectivity index (χ4v) is 9.63. The second kappa shape index (κ2) is 13.1. The molecule has 264 valence electrons. The fourth-order valence-electron chi connectivity index (χ4n) is 9.63. The minimum Gasteiger partial charge on any atom is -0.392 e. The number of hydrogen-bond acceptors (Lipinski definition) is 6. The minimum absolute atomic E-state index is 0.00741. The zero-order valence-corrected chi connectivity index (χ0v) is 30.0. The molecule has 4 aromatic rings. The first kappa shape index (κ1) is 34.0. The van der Waals surface area contributed by atoms with Gasteiger partial charge in [0.25, 0.3) is 11.8 Å². The third-order valence-electron chi connectivity index (χ3n) is 11.7. The van der Waals surface area contributed by atoms with Gasteiger partial charge in [-0.15, -0.1) is 0 Å². The molecule has 3 aliphatic heterocycles. The third kappa shape index (κ3) is 6.57. The van der Waals surface area contributed by atoms with Crippen molar-refractivity contribution < 1.29 is 24.2 Å².